The first-order valence-electron chi connectivity index (χ1n) is 8.35. The largest absolute Gasteiger partial charge is 0.486 e. The molecule has 0 spiro atoms. The molecule has 2 heterocycles. The smallest absolute Gasteiger partial charge is 0.262 e. The third kappa shape index (κ3) is 3.43. The van der Waals surface area contributed by atoms with Crippen LogP contribution in [0.5, 0.6) is 17.2 Å². The maximum atomic E-state index is 12.9. The van der Waals surface area contributed by atoms with E-state index in [2.05, 4.69) is 5.32 Å². The Labute approximate surface area is 156 Å². The van der Waals surface area contributed by atoms with Gasteiger partial charge in [-0.05, 0) is 30.3 Å². The van der Waals surface area contributed by atoms with Crippen molar-refractivity contribution in [3.63, 3.8) is 0 Å². The van der Waals surface area contributed by atoms with Crippen molar-refractivity contribution in [3.05, 3.63) is 42.5 Å². The summed E-state index contributed by atoms with van der Waals surface area (Å²) in [7, 11) is -2.30. The Morgan fingerprint density at radius 1 is 1.11 bits per heavy atom. The van der Waals surface area contributed by atoms with Crippen LogP contribution in [0, 0.1) is 0 Å². The highest BCUT2D eigenvalue weighted by molar-refractivity contribution is 7.89. The van der Waals surface area contributed by atoms with Crippen molar-refractivity contribution in [1.29, 1.82) is 0 Å². The third-order valence-corrected chi connectivity index (χ3v) is 6.14. The summed E-state index contributed by atoms with van der Waals surface area (Å²) < 4.78 is 43.7. The molecule has 0 radical (unpaired) electrons. The van der Waals surface area contributed by atoms with Crippen LogP contribution in [0.3, 0.4) is 0 Å². The average Bonchev–Trinajstić information content (AvgIpc) is 2.67. The van der Waals surface area contributed by atoms with Crippen LogP contribution >= 0.6 is 0 Å². The Balaban J connectivity index is 1.51. The zero-order chi connectivity index (χ0) is 19.0. The van der Waals surface area contributed by atoms with E-state index < -0.39 is 16.1 Å². The van der Waals surface area contributed by atoms with Crippen LogP contribution in [0.15, 0.2) is 47.4 Å². The summed E-state index contributed by atoms with van der Waals surface area (Å²) in [4.78, 5) is 11.5. The molecule has 0 saturated carbocycles. The number of nitrogens with zero attached hydrogens (tertiary/aromatic N) is 1. The number of likely N-dealkylation sites (N-methyl/N-ethyl adjacent to an activating group) is 1. The second kappa shape index (κ2) is 6.75. The highest BCUT2D eigenvalue weighted by atomic mass is 32.2. The molecule has 1 unspecified atom stereocenters. The minimum Gasteiger partial charge on any atom is -0.486 e. The molecule has 2 aliphatic rings. The van der Waals surface area contributed by atoms with Crippen LogP contribution in [0.1, 0.15) is 0 Å². The van der Waals surface area contributed by atoms with Crippen molar-refractivity contribution >= 4 is 21.6 Å². The zero-order valence-electron chi connectivity index (χ0n) is 14.5. The summed E-state index contributed by atoms with van der Waals surface area (Å²) in [6.07, 6.45) is -0.430. The lowest BCUT2D eigenvalue weighted by molar-refractivity contribution is -0.118. The molecule has 1 atom stereocenters. The minimum atomic E-state index is -3.78. The van der Waals surface area contributed by atoms with E-state index >= 15 is 0 Å². The number of ether oxygens (including phenoxy) is 3. The van der Waals surface area contributed by atoms with E-state index in [1.54, 1.807) is 12.1 Å². The van der Waals surface area contributed by atoms with Crippen molar-refractivity contribution in [1.82, 2.24) is 4.31 Å². The van der Waals surface area contributed by atoms with E-state index in [-0.39, 0.29) is 30.6 Å². The quantitative estimate of drug-likeness (QED) is 0.850. The lowest BCUT2D eigenvalue weighted by atomic mass is 10.2. The van der Waals surface area contributed by atoms with Gasteiger partial charge in [0.05, 0.1) is 17.1 Å². The molecule has 0 aliphatic carbocycles. The van der Waals surface area contributed by atoms with Gasteiger partial charge in [-0.15, -0.1) is 0 Å². The van der Waals surface area contributed by atoms with Crippen molar-refractivity contribution in [3.8, 4) is 17.2 Å². The number of carbonyl (C=O) groups is 1. The first-order valence-corrected chi connectivity index (χ1v) is 9.79. The van der Waals surface area contributed by atoms with Gasteiger partial charge in [-0.3, -0.25) is 4.79 Å². The Hall–Kier alpha value is -2.78. The van der Waals surface area contributed by atoms with Gasteiger partial charge >= 0.3 is 0 Å². The summed E-state index contributed by atoms with van der Waals surface area (Å²) >= 11 is 0. The van der Waals surface area contributed by atoms with Gasteiger partial charge in [0.15, 0.2) is 18.1 Å². The number of para-hydroxylation sites is 2. The number of rotatable bonds is 4. The second-order valence-corrected chi connectivity index (χ2v) is 8.32. The number of fused-ring (bicyclic) bond motifs is 2. The zero-order valence-corrected chi connectivity index (χ0v) is 15.4. The molecular weight excluding hydrogens is 372 g/mol. The number of sulfonamides is 1. The predicted molar refractivity (Wildman–Crippen MR) is 96.7 cm³/mol. The van der Waals surface area contributed by atoms with E-state index in [0.29, 0.717) is 22.9 Å². The van der Waals surface area contributed by atoms with E-state index in [4.69, 9.17) is 14.2 Å². The number of hydrogen-bond acceptors (Lipinski definition) is 6. The SMILES string of the molecule is CN(CC1COc2ccccc2O1)S(=O)(=O)c1ccc2c(c1)NC(=O)CO2. The molecule has 2 aromatic rings. The molecule has 0 bridgehead atoms. The van der Waals surface area contributed by atoms with E-state index in [0.717, 1.165) is 0 Å². The number of hydrogen-bond donors (Lipinski definition) is 1. The number of anilines is 1. The molecule has 0 aromatic heterocycles. The van der Waals surface area contributed by atoms with Gasteiger partial charge in [0.25, 0.3) is 5.91 Å². The fraction of sp³-hybridized carbons (Fsp3) is 0.278. The molecule has 1 N–H and O–H groups in total. The summed E-state index contributed by atoms with van der Waals surface area (Å²) in [5.41, 5.74) is 0.340. The fourth-order valence-corrected chi connectivity index (χ4v) is 4.17. The molecule has 9 heteroatoms. The monoisotopic (exact) mass is 390 g/mol. The Bertz CT molecular complexity index is 991. The first kappa shape index (κ1) is 17.6. The van der Waals surface area contributed by atoms with Crippen LogP contribution in [0.25, 0.3) is 0 Å². The van der Waals surface area contributed by atoms with Gasteiger partial charge in [-0.2, -0.15) is 4.31 Å². The van der Waals surface area contributed by atoms with E-state index in [1.807, 2.05) is 12.1 Å². The van der Waals surface area contributed by atoms with Gasteiger partial charge < -0.3 is 19.5 Å². The van der Waals surface area contributed by atoms with Crippen LogP contribution in [-0.4, -0.2) is 51.5 Å². The molecule has 1 amide bonds. The lowest BCUT2D eigenvalue weighted by Gasteiger charge is -2.29. The van der Waals surface area contributed by atoms with Gasteiger partial charge in [0, 0.05) is 7.05 Å². The summed E-state index contributed by atoms with van der Waals surface area (Å²) in [6, 6.07) is 11.6. The fourth-order valence-electron chi connectivity index (χ4n) is 2.94. The van der Waals surface area contributed by atoms with Gasteiger partial charge in [0.1, 0.15) is 18.5 Å². The van der Waals surface area contributed by atoms with Crippen molar-refractivity contribution in [2.45, 2.75) is 11.0 Å². The Morgan fingerprint density at radius 2 is 1.89 bits per heavy atom. The summed E-state index contributed by atoms with van der Waals surface area (Å²) in [5.74, 6) is 1.35. The maximum Gasteiger partial charge on any atom is 0.262 e. The molecule has 4 rings (SSSR count). The second-order valence-electron chi connectivity index (χ2n) is 6.28. The molecule has 2 aromatic carbocycles. The summed E-state index contributed by atoms with van der Waals surface area (Å²) in [5, 5.41) is 2.61. The van der Waals surface area contributed by atoms with Crippen LogP contribution in [-0.2, 0) is 14.8 Å². The van der Waals surface area contributed by atoms with Crippen LogP contribution in [0.2, 0.25) is 0 Å². The highest BCUT2D eigenvalue weighted by Gasteiger charge is 2.29. The third-order valence-electron chi connectivity index (χ3n) is 4.32. The maximum absolute atomic E-state index is 12.9. The number of carbonyl (C=O) groups excluding carboxylic acids is 1. The standard InChI is InChI=1S/C18H18N2O6S/c1-20(9-12-10-24-16-4-2-3-5-17(16)26-12)27(22,23)13-6-7-15-14(8-13)19-18(21)11-25-15/h2-8,12H,9-11H2,1H3,(H,19,21). The van der Waals surface area contributed by atoms with Crippen molar-refractivity contribution < 1.29 is 27.4 Å². The first-order chi connectivity index (χ1) is 12.9. The molecule has 8 nitrogen and oxygen atoms in total. The van der Waals surface area contributed by atoms with Gasteiger partial charge in [-0.1, -0.05) is 12.1 Å². The topological polar surface area (TPSA) is 94.2 Å². The van der Waals surface area contributed by atoms with Crippen LogP contribution in [0.4, 0.5) is 5.69 Å². The van der Waals surface area contributed by atoms with Gasteiger partial charge in [-0.25, -0.2) is 8.42 Å². The minimum absolute atomic E-state index is 0.0617. The molecule has 27 heavy (non-hydrogen) atoms. The predicted octanol–water partition coefficient (Wildman–Crippen LogP) is 1.48. The van der Waals surface area contributed by atoms with E-state index in [1.165, 1.54) is 29.6 Å². The Morgan fingerprint density at radius 3 is 2.70 bits per heavy atom. The lowest BCUT2D eigenvalue weighted by Crippen LogP contribution is -2.41. The number of amides is 1. The van der Waals surface area contributed by atoms with Gasteiger partial charge in [0.2, 0.25) is 10.0 Å². The molecule has 0 saturated heterocycles. The Kier molecular flexibility index (Phi) is 4.40. The van der Waals surface area contributed by atoms with Crippen molar-refractivity contribution in [2.24, 2.45) is 0 Å². The van der Waals surface area contributed by atoms with E-state index in [9.17, 15) is 13.2 Å². The number of benzene rings is 2. The summed E-state index contributed by atoms with van der Waals surface area (Å²) in [6.45, 7) is 0.293. The highest BCUT2D eigenvalue weighted by Crippen LogP contribution is 2.33. The van der Waals surface area contributed by atoms with Crippen molar-refractivity contribution in [2.75, 3.05) is 32.1 Å². The molecule has 0 fully saturated rings. The number of nitrogens with one attached hydrogen (secondary N) is 1. The normalized spacial score (nSPS) is 18.4. The molecular formula is C18H18N2O6S. The van der Waals surface area contributed by atoms with Crippen LogP contribution < -0.4 is 19.5 Å². The molecule has 142 valence electrons. The average molecular weight is 390 g/mol. The molecule has 2 aliphatic heterocycles.